The Morgan fingerprint density at radius 2 is 1.62 bits per heavy atom. The molecule has 2 aromatic carbocycles. The van der Waals surface area contributed by atoms with E-state index in [0.29, 0.717) is 37.4 Å². The van der Waals surface area contributed by atoms with Gasteiger partial charge in [0.05, 0.1) is 5.41 Å². The molecule has 0 aromatic heterocycles. The standard InChI is InChI=1S/C20H21ClN2O3/c21-16-6-1-15(2-7-16)11-20(19(22)26)12-23(13-20)18(25)10-5-14-3-8-17(24)9-4-14/h1-4,6-9,24H,5,10-13H2,(H2,22,26). The Morgan fingerprint density at radius 1 is 1.04 bits per heavy atom. The van der Waals surface area contributed by atoms with Crippen molar-refractivity contribution >= 4 is 23.4 Å². The average Bonchev–Trinajstić information content (AvgIpc) is 2.58. The number of primary amides is 1. The summed E-state index contributed by atoms with van der Waals surface area (Å²) in [6, 6.07) is 14.1. The number of nitrogens with two attached hydrogens (primary N) is 1. The number of amides is 2. The molecule has 0 saturated carbocycles. The van der Waals surface area contributed by atoms with E-state index in [4.69, 9.17) is 17.3 Å². The Hall–Kier alpha value is -2.53. The Morgan fingerprint density at radius 3 is 2.19 bits per heavy atom. The molecule has 0 spiro atoms. The van der Waals surface area contributed by atoms with E-state index in [1.807, 2.05) is 12.1 Å². The number of rotatable bonds is 6. The molecule has 1 saturated heterocycles. The van der Waals surface area contributed by atoms with Crippen LogP contribution in [0.3, 0.4) is 0 Å². The Balaban J connectivity index is 1.56. The van der Waals surface area contributed by atoms with Crippen LogP contribution in [0.25, 0.3) is 0 Å². The van der Waals surface area contributed by atoms with Gasteiger partial charge >= 0.3 is 0 Å². The number of carbonyl (C=O) groups excluding carboxylic acids is 2. The quantitative estimate of drug-likeness (QED) is 0.817. The topological polar surface area (TPSA) is 83.6 Å². The third kappa shape index (κ3) is 3.99. The lowest BCUT2D eigenvalue weighted by atomic mass is 9.74. The Bertz CT molecular complexity index is 797. The van der Waals surface area contributed by atoms with Crippen molar-refractivity contribution in [2.24, 2.45) is 11.1 Å². The van der Waals surface area contributed by atoms with Crippen LogP contribution in [-0.4, -0.2) is 34.9 Å². The summed E-state index contributed by atoms with van der Waals surface area (Å²) < 4.78 is 0. The highest BCUT2D eigenvalue weighted by Gasteiger charge is 2.49. The van der Waals surface area contributed by atoms with Gasteiger partial charge in [-0.2, -0.15) is 0 Å². The van der Waals surface area contributed by atoms with E-state index >= 15 is 0 Å². The summed E-state index contributed by atoms with van der Waals surface area (Å²) in [6.07, 6.45) is 1.46. The third-order valence-corrected chi connectivity index (χ3v) is 5.13. The van der Waals surface area contributed by atoms with E-state index in [9.17, 15) is 14.7 Å². The van der Waals surface area contributed by atoms with Gasteiger partial charge in [0.2, 0.25) is 11.8 Å². The highest BCUT2D eigenvalue weighted by Crippen LogP contribution is 2.35. The number of carbonyl (C=O) groups is 2. The molecule has 3 N–H and O–H groups in total. The van der Waals surface area contributed by atoms with Crippen molar-refractivity contribution in [1.82, 2.24) is 4.90 Å². The van der Waals surface area contributed by atoms with Crippen LogP contribution in [0.1, 0.15) is 17.5 Å². The summed E-state index contributed by atoms with van der Waals surface area (Å²) in [5, 5.41) is 9.93. The average molecular weight is 373 g/mol. The summed E-state index contributed by atoms with van der Waals surface area (Å²) in [6.45, 7) is 0.693. The van der Waals surface area contributed by atoms with Crippen LogP contribution in [0.2, 0.25) is 5.02 Å². The minimum Gasteiger partial charge on any atom is -0.508 e. The van der Waals surface area contributed by atoms with E-state index in [1.165, 1.54) is 0 Å². The molecule has 1 aliphatic rings. The van der Waals surface area contributed by atoms with E-state index < -0.39 is 5.41 Å². The second kappa shape index (κ2) is 7.38. The number of hydrogen-bond acceptors (Lipinski definition) is 3. The van der Waals surface area contributed by atoms with Crippen LogP contribution in [0.4, 0.5) is 0 Å². The maximum atomic E-state index is 12.4. The van der Waals surface area contributed by atoms with E-state index in [-0.39, 0.29) is 17.6 Å². The molecular weight excluding hydrogens is 352 g/mol. The summed E-state index contributed by atoms with van der Waals surface area (Å²) in [5.74, 6) is -0.169. The van der Waals surface area contributed by atoms with Crippen LogP contribution >= 0.6 is 11.6 Å². The largest absolute Gasteiger partial charge is 0.508 e. The lowest BCUT2D eigenvalue weighted by Gasteiger charge is -2.48. The number of phenols is 1. The number of halogens is 1. The number of aryl methyl sites for hydroxylation is 1. The molecular formula is C20H21ClN2O3. The normalized spacial score (nSPS) is 15.3. The summed E-state index contributed by atoms with van der Waals surface area (Å²) >= 11 is 5.89. The number of aromatic hydroxyl groups is 1. The smallest absolute Gasteiger partial charge is 0.227 e. The fraction of sp³-hybridized carbons (Fsp3) is 0.300. The zero-order chi connectivity index (χ0) is 18.7. The van der Waals surface area contributed by atoms with Gasteiger partial charge in [-0.3, -0.25) is 9.59 Å². The number of nitrogens with zero attached hydrogens (tertiary/aromatic N) is 1. The first kappa shape index (κ1) is 18.3. The number of phenolic OH excluding ortho intramolecular Hbond substituents is 1. The summed E-state index contributed by atoms with van der Waals surface area (Å²) in [7, 11) is 0. The minimum absolute atomic E-state index is 0.00561. The second-order valence-corrected chi connectivity index (χ2v) is 7.30. The first-order chi connectivity index (χ1) is 12.4. The predicted molar refractivity (Wildman–Crippen MR) is 99.8 cm³/mol. The highest BCUT2D eigenvalue weighted by atomic mass is 35.5. The van der Waals surface area contributed by atoms with Gasteiger partial charge in [0.25, 0.3) is 0 Å². The molecule has 0 atom stereocenters. The zero-order valence-electron chi connectivity index (χ0n) is 14.3. The summed E-state index contributed by atoms with van der Waals surface area (Å²) in [5.41, 5.74) is 6.88. The van der Waals surface area contributed by atoms with Crippen LogP contribution in [0.15, 0.2) is 48.5 Å². The molecule has 0 bridgehead atoms. The highest BCUT2D eigenvalue weighted by molar-refractivity contribution is 6.30. The first-order valence-electron chi connectivity index (χ1n) is 8.48. The third-order valence-electron chi connectivity index (χ3n) is 4.88. The molecule has 2 aromatic rings. The van der Waals surface area contributed by atoms with Gasteiger partial charge < -0.3 is 15.7 Å². The fourth-order valence-corrected chi connectivity index (χ4v) is 3.41. The van der Waals surface area contributed by atoms with Crippen molar-refractivity contribution in [2.45, 2.75) is 19.3 Å². The van der Waals surface area contributed by atoms with E-state index in [1.54, 1.807) is 41.3 Å². The summed E-state index contributed by atoms with van der Waals surface area (Å²) in [4.78, 5) is 26.1. The van der Waals surface area contributed by atoms with Crippen molar-refractivity contribution in [1.29, 1.82) is 0 Å². The monoisotopic (exact) mass is 372 g/mol. The van der Waals surface area contributed by atoms with Crippen molar-refractivity contribution in [3.8, 4) is 5.75 Å². The molecule has 3 rings (SSSR count). The molecule has 0 unspecified atom stereocenters. The van der Waals surface area contributed by atoms with Gasteiger partial charge in [-0.1, -0.05) is 35.9 Å². The zero-order valence-corrected chi connectivity index (χ0v) is 15.1. The van der Waals surface area contributed by atoms with Gasteiger partial charge in [-0.15, -0.1) is 0 Å². The lowest BCUT2D eigenvalue weighted by Crippen LogP contribution is -2.64. The molecule has 0 aliphatic carbocycles. The van der Waals surface area contributed by atoms with E-state index in [2.05, 4.69) is 0 Å². The molecule has 1 fully saturated rings. The maximum absolute atomic E-state index is 12.4. The lowest BCUT2D eigenvalue weighted by molar-refractivity contribution is -0.151. The fourth-order valence-electron chi connectivity index (χ4n) is 3.28. The van der Waals surface area contributed by atoms with Crippen molar-refractivity contribution in [3.63, 3.8) is 0 Å². The predicted octanol–water partition coefficient (Wildman–Crippen LogP) is 2.53. The van der Waals surface area contributed by atoms with Gasteiger partial charge in [-0.05, 0) is 48.2 Å². The molecule has 136 valence electrons. The van der Waals surface area contributed by atoms with Crippen LogP contribution in [0.5, 0.6) is 5.75 Å². The van der Waals surface area contributed by atoms with Crippen LogP contribution in [0, 0.1) is 5.41 Å². The number of likely N-dealkylation sites (tertiary alicyclic amines) is 1. The van der Waals surface area contributed by atoms with Crippen molar-refractivity contribution < 1.29 is 14.7 Å². The van der Waals surface area contributed by atoms with Gasteiger partial charge in [0, 0.05) is 24.5 Å². The molecule has 1 aliphatic heterocycles. The molecule has 2 amide bonds. The minimum atomic E-state index is -0.706. The Labute approximate surface area is 157 Å². The molecule has 0 radical (unpaired) electrons. The van der Waals surface area contributed by atoms with E-state index in [0.717, 1.165) is 11.1 Å². The second-order valence-electron chi connectivity index (χ2n) is 6.86. The molecule has 6 heteroatoms. The van der Waals surface area contributed by atoms with Crippen LogP contribution < -0.4 is 5.73 Å². The molecule has 1 heterocycles. The number of hydrogen-bond donors (Lipinski definition) is 2. The van der Waals surface area contributed by atoms with Crippen LogP contribution in [-0.2, 0) is 22.4 Å². The number of benzene rings is 2. The Kier molecular flexibility index (Phi) is 5.18. The molecule has 5 nitrogen and oxygen atoms in total. The maximum Gasteiger partial charge on any atom is 0.227 e. The molecule has 26 heavy (non-hydrogen) atoms. The van der Waals surface area contributed by atoms with Crippen molar-refractivity contribution in [2.75, 3.05) is 13.1 Å². The van der Waals surface area contributed by atoms with Gasteiger partial charge in [-0.25, -0.2) is 0 Å². The van der Waals surface area contributed by atoms with Crippen molar-refractivity contribution in [3.05, 3.63) is 64.7 Å². The SMILES string of the molecule is NC(=O)C1(Cc2ccc(Cl)cc2)CN(C(=O)CCc2ccc(O)cc2)C1. The first-order valence-corrected chi connectivity index (χ1v) is 8.86. The van der Waals surface area contributed by atoms with Gasteiger partial charge in [0.15, 0.2) is 0 Å². The van der Waals surface area contributed by atoms with Gasteiger partial charge in [0.1, 0.15) is 5.75 Å².